The summed E-state index contributed by atoms with van der Waals surface area (Å²) >= 11 is 0. The van der Waals surface area contributed by atoms with Crippen LogP contribution in [0.25, 0.3) is 0 Å². The maximum Gasteiger partial charge on any atom is 0.217 e. The predicted molar refractivity (Wildman–Crippen MR) is 113 cm³/mol. The average Bonchev–Trinajstić information content (AvgIpc) is 2.68. The minimum absolute atomic E-state index is 0.382. The van der Waals surface area contributed by atoms with Gasteiger partial charge < -0.3 is 20.1 Å². The lowest BCUT2D eigenvalue weighted by Crippen LogP contribution is -2.25. The number of rotatable bonds is 10. The first-order valence-corrected chi connectivity index (χ1v) is 9.83. The molecule has 0 unspecified atom stereocenters. The molecule has 2 aromatic heterocycles. The summed E-state index contributed by atoms with van der Waals surface area (Å²) in [5, 5.41) is 0. The largest absolute Gasteiger partial charge is 0.474 e. The molecule has 0 aromatic carbocycles. The summed E-state index contributed by atoms with van der Waals surface area (Å²) in [5.41, 5.74) is 8.09. The molecule has 150 valence electrons. The van der Waals surface area contributed by atoms with Crippen LogP contribution in [-0.2, 0) is 0 Å². The fraction of sp³-hybridized carbons (Fsp3) is 0.524. The maximum absolute atomic E-state index is 5.94. The van der Waals surface area contributed by atoms with Crippen molar-refractivity contribution in [1.82, 2.24) is 9.97 Å². The molecule has 2 aromatic rings. The van der Waals surface area contributed by atoms with Gasteiger partial charge in [-0.3, -0.25) is 0 Å². The molecule has 0 radical (unpaired) electrons. The number of hydrogen-bond acceptors (Lipinski definition) is 6. The molecular weight excluding hydrogens is 340 g/mol. The van der Waals surface area contributed by atoms with E-state index >= 15 is 0 Å². The van der Waals surface area contributed by atoms with Crippen LogP contribution in [0.2, 0.25) is 0 Å². The van der Waals surface area contributed by atoms with Gasteiger partial charge in [0, 0.05) is 43.2 Å². The van der Waals surface area contributed by atoms with Crippen LogP contribution in [0.3, 0.4) is 0 Å². The fourth-order valence-corrected chi connectivity index (χ4v) is 2.51. The molecule has 0 amide bonds. The number of nitrogens with two attached hydrogens (primary N) is 1. The minimum Gasteiger partial charge on any atom is -0.474 e. The van der Waals surface area contributed by atoms with E-state index in [1.165, 1.54) is 0 Å². The molecule has 27 heavy (non-hydrogen) atoms. The van der Waals surface area contributed by atoms with Crippen LogP contribution in [0.4, 0.5) is 11.5 Å². The molecule has 0 saturated carbocycles. The van der Waals surface area contributed by atoms with Crippen molar-refractivity contribution in [3.63, 3.8) is 0 Å². The topological polar surface area (TPSA) is 73.5 Å². The van der Waals surface area contributed by atoms with Crippen molar-refractivity contribution in [2.75, 3.05) is 36.9 Å². The quantitative estimate of drug-likeness (QED) is 0.618. The van der Waals surface area contributed by atoms with Gasteiger partial charge in [-0.2, -0.15) is 4.98 Å². The summed E-state index contributed by atoms with van der Waals surface area (Å²) in [5.74, 6) is 1.57. The molecule has 2 N–H and O–H groups in total. The highest BCUT2D eigenvalue weighted by atomic mass is 16.5. The van der Waals surface area contributed by atoms with E-state index in [2.05, 4.69) is 28.7 Å². The summed E-state index contributed by atoms with van der Waals surface area (Å²) in [6, 6.07) is 7.64. The summed E-state index contributed by atoms with van der Waals surface area (Å²) in [7, 11) is 0. The highest BCUT2D eigenvalue weighted by Gasteiger charge is 2.09. The summed E-state index contributed by atoms with van der Waals surface area (Å²) in [4.78, 5) is 10.7. The molecule has 0 aliphatic heterocycles. The van der Waals surface area contributed by atoms with Gasteiger partial charge in [0.25, 0.3) is 0 Å². The van der Waals surface area contributed by atoms with Gasteiger partial charge in [-0.05, 0) is 25.3 Å². The zero-order chi connectivity index (χ0) is 20.1. The maximum atomic E-state index is 5.94. The molecule has 0 atom stereocenters. The van der Waals surface area contributed by atoms with Gasteiger partial charge in [-0.15, -0.1) is 0 Å². The molecule has 0 fully saturated rings. The zero-order valence-corrected chi connectivity index (χ0v) is 17.4. The summed E-state index contributed by atoms with van der Waals surface area (Å²) in [6.07, 6.45) is 3.93. The Morgan fingerprint density at radius 1 is 0.963 bits per heavy atom. The van der Waals surface area contributed by atoms with Crippen LogP contribution in [0.15, 0.2) is 30.5 Å². The van der Waals surface area contributed by atoms with Gasteiger partial charge in [0.2, 0.25) is 11.8 Å². The number of nitrogens with zero attached hydrogens (tertiary/aromatic N) is 3. The monoisotopic (exact) mass is 374 g/mol. The Morgan fingerprint density at radius 2 is 1.59 bits per heavy atom. The Morgan fingerprint density at radius 3 is 2.15 bits per heavy atom. The van der Waals surface area contributed by atoms with Crippen LogP contribution in [0.1, 0.15) is 46.1 Å². The van der Waals surface area contributed by atoms with Gasteiger partial charge in [0.1, 0.15) is 19.0 Å². The van der Waals surface area contributed by atoms with Crippen LogP contribution in [-0.4, -0.2) is 36.3 Å². The van der Waals surface area contributed by atoms with Crippen molar-refractivity contribution in [1.29, 1.82) is 0 Å². The number of anilines is 2. The third kappa shape index (κ3) is 8.15. The number of aryl methyl sites for hydroxylation is 1. The number of pyridine rings is 2. The second-order valence-electron chi connectivity index (χ2n) is 5.95. The molecule has 0 aliphatic carbocycles. The van der Waals surface area contributed by atoms with E-state index in [1.807, 2.05) is 45.0 Å². The first-order valence-electron chi connectivity index (χ1n) is 9.83. The lowest BCUT2D eigenvalue weighted by atomic mass is 10.3. The van der Waals surface area contributed by atoms with Gasteiger partial charge in [0.05, 0.1) is 0 Å². The molecule has 2 heterocycles. The van der Waals surface area contributed by atoms with Gasteiger partial charge in [0.15, 0.2) is 0 Å². The lowest BCUT2D eigenvalue weighted by molar-refractivity contribution is 0.207. The Labute approximate surface area is 163 Å². The Bertz CT molecular complexity index is 641. The van der Waals surface area contributed by atoms with Crippen molar-refractivity contribution in [2.24, 2.45) is 0 Å². The number of hydrogen-bond donors (Lipinski definition) is 1. The Balaban J connectivity index is 0.00000176. The summed E-state index contributed by atoms with van der Waals surface area (Å²) < 4.78 is 11.3. The third-order valence-corrected chi connectivity index (χ3v) is 3.63. The van der Waals surface area contributed by atoms with Crippen molar-refractivity contribution in [3.05, 3.63) is 36.0 Å². The molecular formula is C21H34N4O2. The van der Waals surface area contributed by atoms with E-state index in [0.29, 0.717) is 30.8 Å². The number of ether oxygens (including phenoxy) is 2. The normalized spacial score (nSPS) is 9.96. The van der Waals surface area contributed by atoms with E-state index in [1.54, 1.807) is 6.20 Å². The van der Waals surface area contributed by atoms with Crippen molar-refractivity contribution < 1.29 is 9.47 Å². The van der Waals surface area contributed by atoms with E-state index < -0.39 is 0 Å². The van der Waals surface area contributed by atoms with Crippen molar-refractivity contribution >= 4 is 11.5 Å². The number of nitrogen functional groups attached to an aromatic ring is 1. The highest BCUT2D eigenvalue weighted by Crippen LogP contribution is 2.23. The molecule has 2 rings (SSSR count). The van der Waals surface area contributed by atoms with Crippen LogP contribution in [0, 0.1) is 6.92 Å². The average molecular weight is 375 g/mol. The Kier molecular flexibility index (Phi) is 10.7. The first kappa shape index (κ1) is 22.5. The van der Waals surface area contributed by atoms with Crippen molar-refractivity contribution in [3.8, 4) is 11.8 Å². The predicted octanol–water partition coefficient (Wildman–Crippen LogP) is 4.48. The molecule has 0 spiro atoms. The lowest BCUT2D eigenvalue weighted by Gasteiger charge is -2.24. The van der Waals surface area contributed by atoms with E-state index in [0.717, 1.165) is 37.2 Å². The van der Waals surface area contributed by atoms with Crippen LogP contribution in [0.5, 0.6) is 11.8 Å². The van der Waals surface area contributed by atoms with Gasteiger partial charge in [-0.25, -0.2) is 4.98 Å². The van der Waals surface area contributed by atoms with E-state index in [9.17, 15) is 0 Å². The first-order chi connectivity index (χ1) is 13.1. The second-order valence-corrected chi connectivity index (χ2v) is 5.95. The fourth-order valence-electron chi connectivity index (χ4n) is 2.51. The molecule has 6 heteroatoms. The van der Waals surface area contributed by atoms with Crippen molar-refractivity contribution in [2.45, 2.75) is 47.5 Å². The molecule has 0 saturated heterocycles. The third-order valence-electron chi connectivity index (χ3n) is 3.63. The minimum atomic E-state index is 0.382. The Hall–Kier alpha value is -2.50. The van der Waals surface area contributed by atoms with Crippen LogP contribution >= 0.6 is 0 Å². The number of aromatic nitrogens is 2. The van der Waals surface area contributed by atoms with Gasteiger partial charge >= 0.3 is 0 Å². The molecule has 0 aliphatic rings. The zero-order valence-electron chi connectivity index (χ0n) is 17.4. The van der Waals surface area contributed by atoms with E-state index in [-0.39, 0.29) is 0 Å². The second kappa shape index (κ2) is 12.8. The van der Waals surface area contributed by atoms with Gasteiger partial charge in [-0.1, -0.05) is 33.8 Å². The standard InChI is InChI=1S/C19H28N4O2.C2H6/c1-4-8-23(9-5-2)16-12-17(20)22-19(13-16)25-11-10-24-18-7-6-15(3)14-21-18;1-2/h6-7,12-14H,4-5,8-11H2,1-3H3,(H2,20,22);1-2H3. The van der Waals surface area contributed by atoms with E-state index in [4.69, 9.17) is 15.2 Å². The highest BCUT2D eigenvalue weighted by molar-refractivity contribution is 5.55. The summed E-state index contributed by atoms with van der Waals surface area (Å²) in [6.45, 7) is 13.1. The molecule has 6 nitrogen and oxygen atoms in total. The van der Waals surface area contributed by atoms with Crippen LogP contribution < -0.4 is 20.1 Å². The smallest absolute Gasteiger partial charge is 0.217 e. The SMILES string of the molecule is CC.CCCN(CCC)c1cc(N)nc(OCCOc2ccc(C)cn2)c1. The molecule has 0 bridgehead atoms.